The first-order valence-corrected chi connectivity index (χ1v) is 5.97. The average molecular weight is 268 g/mol. The molecule has 7 nitrogen and oxygen atoms in total. The van der Waals surface area contributed by atoms with Crippen LogP contribution in [0.5, 0.6) is 0 Å². The van der Waals surface area contributed by atoms with E-state index in [2.05, 4.69) is 0 Å². The van der Waals surface area contributed by atoms with Crippen molar-refractivity contribution >= 4 is 11.8 Å². The molecule has 0 saturated heterocycles. The summed E-state index contributed by atoms with van der Waals surface area (Å²) >= 11 is 0. The summed E-state index contributed by atoms with van der Waals surface area (Å²) in [5.41, 5.74) is 7.92. The van der Waals surface area contributed by atoms with Gasteiger partial charge < -0.3 is 10.2 Å². The monoisotopic (exact) mass is 268 g/mol. The zero-order valence-electron chi connectivity index (χ0n) is 11.4. The topological polar surface area (TPSA) is 115 Å². The largest absolute Gasteiger partial charge is 0.454 e. The fraction of sp³-hybridized carbons (Fsp3) is 0.500. The van der Waals surface area contributed by atoms with E-state index >= 15 is 0 Å². The minimum absolute atomic E-state index is 0.129. The number of hydrazine groups is 1. The molecular formula is C12H20N4O3. The molecule has 1 aromatic rings. The van der Waals surface area contributed by atoms with Crippen LogP contribution in [0.4, 0.5) is 0 Å². The summed E-state index contributed by atoms with van der Waals surface area (Å²) in [5.74, 6) is 4.95. The van der Waals surface area contributed by atoms with Gasteiger partial charge in [0.1, 0.15) is 5.76 Å². The summed E-state index contributed by atoms with van der Waals surface area (Å²) in [7, 11) is 0. The Morgan fingerprint density at radius 1 is 1.47 bits per heavy atom. The Kier molecular flexibility index (Phi) is 5.08. The highest BCUT2D eigenvalue weighted by Gasteiger charge is 2.18. The number of carbonyl (C=O) groups excluding carboxylic acids is 2. The third-order valence-corrected chi connectivity index (χ3v) is 2.75. The molecule has 1 aromatic heterocycles. The quantitative estimate of drug-likeness (QED) is 0.378. The Bertz CT molecular complexity index is 468. The van der Waals surface area contributed by atoms with Crippen LogP contribution in [0.1, 0.15) is 35.7 Å². The number of nitrogens with zero attached hydrogens (tertiary/aromatic N) is 1. The predicted molar refractivity (Wildman–Crippen MR) is 69.8 cm³/mol. The second kappa shape index (κ2) is 6.35. The molecule has 2 amide bonds. The van der Waals surface area contributed by atoms with Gasteiger partial charge in [-0.25, -0.2) is 5.84 Å². The van der Waals surface area contributed by atoms with Crippen LogP contribution >= 0.6 is 0 Å². The number of rotatable bonds is 6. The van der Waals surface area contributed by atoms with Crippen molar-refractivity contribution in [1.82, 2.24) is 10.3 Å². The lowest BCUT2D eigenvalue weighted by Crippen LogP contribution is -2.37. The second-order valence-corrected chi connectivity index (χ2v) is 4.66. The van der Waals surface area contributed by atoms with Crippen molar-refractivity contribution in [3.05, 3.63) is 23.2 Å². The van der Waals surface area contributed by atoms with Gasteiger partial charge in [0.05, 0.1) is 13.1 Å². The number of hydrogen-bond donors (Lipinski definition) is 3. The Morgan fingerprint density at radius 3 is 2.58 bits per heavy atom. The van der Waals surface area contributed by atoms with Crippen LogP contribution in [0.25, 0.3) is 0 Å². The number of carbonyl (C=O) groups is 2. The van der Waals surface area contributed by atoms with Gasteiger partial charge in [-0.15, -0.1) is 0 Å². The van der Waals surface area contributed by atoms with Gasteiger partial charge in [0, 0.05) is 11.6 Å². The molecule has 7 heteroatoms. The molecule has 0 aliphatic heterocycles. The molecule has 0 radical (unpaired) electrons. The molecule has 0 unspecified atom stereocenters. The molecule has 19 heavy (non-hydrogen) atoms. The summed E-state index contributed by atoms with van der Waals surface area (Å²) in [6.07, 6.45) is 0. The number of nitrogen functional groups attached to an aromatic ring is 1. The van der Waals surface area contributed by atoms with Crippen LogP contribution in [-0.2, 0) is 11.3 Å². The van der Waals surface area contributed by atoms with Crippen molar-refractivity contribution in [3.8, 4) is 0 Å². The minimum Gasteiger partial charge on any atom is -0.454 e. The highest BCUT2D eigenvalue weighted by atomic mass is 16.4. The van der Waals surface area contributed by atoms with E-state index in [-0.39, 0.29) is 18.3 Å². The molecule has 0 aliphatic carbocycles. The van der Waals surface area contributed by atoms with Gasteiger partial charge in [-0.2, -0.15) is 0 Å². The Labute approximate surface area is 111 Å². The number of amides is 2. The van der Waals surface area contributed by atoms with E-state index in [0.717, 1.165) is 0 Å². The average Bonchev–Trinajstić information content (AvgIpc) is 2.67. The third-order valence-electron chi connectivity index (χ3n) is 2.75. The molecule has 0 fully saturated rings. The highest BCUT2D eigenvalue weighted by molar-refractivity contribution is 5.92. The molecule has 5 N–H and O–H groups in total. The van der Waals surface area contributed by atoms with Crippen molar-refractivity contribution in [2.24, 2.45) is 11.6 Å². The maximum atomic E-state index is 11.4. The standard InChI is InChI=1S/C12H20N4O3/c1-7(2)16(6-10(13)17)5-9-4-8(3)11(19-9)12(18)15-14/h4,7H,5-6,14H2,1-3H3,(H2,13,17)(H,15,18). The van der Waals surface area contributed by atoms with Gasteiger partial charge in [0.2, 0.25) is 5.91 Å². The summed E-state index contributed by atoms with van der Waals surface area (Å²) in [5, 5.41) is 0. The summed E-state index contributed by atoms with van der Waals surface area (Å²) < 4.78 is 5.44. The van der Waals surface area contributed by atoms with Crippen molar-refractivity contribution in [1.29, 1.82) is 0 Å². The van der Waals surface area contributed by atoms with Crippen LogP contribution in [0.15, 0.2) is 10.5 Å². The molecular weight excluding hydrogens is 248 g/mol. The molecule has 0 bridgehead atoms. The Hall–Kier alpha value is -1.86. The lowest BCUT2D eigenvalue weighted by atomic mass is 10.2. The van der Waals surface area contributed by atoms with Gasteiger partial charge in [-0.05, 0) is 26.8 Å². The van der Waals surface area contributed by atoms with Crippen molar-refractivity contribution in [2.45, 2.75) is 33.4 Å². The molecule has 0 aromatic carbocycles. The minimum atomic E-state index is -0.477. The van der Waals surface area contributed by atoms with E-state index in [1.807, 2.05) is 24.2 Å². The van der Waals surface area contributed by atoms with Crippen LogP contribution in [0, 0.1) is 6.92 Å². The number of hydrogen-bond acceptors (Lipinski definition) is 5. The van der Waals surface area contributed by atoms with E-state index in [9.17, 15) is 9.59 Å². The van der Waals surface area contributed by atoms with Gasteiger partial charge in [-0.1, -0.05) is 0 Å². The first kappa shape index (κ1) is 15.2. The summed E-state index contributed by atoms with van der Waals surface area (Å²) in [6.45, 7) is 6.19. The summed E-state index contributed by atoms with van der Waals surface area (Å²) in [6, 6.07) is 1.88. The van der Waals surface area contributed by atoms with Crippen LogP contribution in [0.3, 0.4) is 0 Å². The Morgan fingerprint density at radius 2 is 2.11 bits per heavy atom. The maximum Gasteiger partial charge on any atom is 0.301 e. The maximum absolute atomic E-state index is 11.4. The highest BCUT2D eigenvalue weighted by Crippen LogP contribution is 2.17. The van der Waals surface area contributed by atoms with Gasteiger partial charge >= 0.3 is 5.91 Å². The van der Waals surface area contributed by atoms with Crippen LogP contribution < -0.4 is 17.0 Å². The van der Waals surface area contributed by atoms with Gasteiger partial charge in [-0.3, -0.25) is 19.9 Å². The Balaban J connectivity index is 2.85. The molecule has 1 heterocycles. The number of aryl methyl sites for hydroxylation is 1. The molecule has 1 rings (SSSR count). The van der Waals surface area contributed by atoms with E-state index in [1.165, 1.54) is 0 Å². The van der Waals surface area contributed by atoms with Crippen molar-refractivity contribution in [2.75, 3.05) is 6.54 Å². The van der Waals surface area contributed by atoms with Gasteiger partial charge in [0.15, 0.2) is 5.76 Å². The number of nitrogens with two attached hydrogens (primary N) is 2. The SMILES string of the molecule is Cc1cc(CN(CC(N)=O)C(C)C)oc1C(=O)NN. The third kappa shape index (κ3) is 4.08. The van der Waals surface area contributed by atoms with E-state index in [4.69, 9.17) is 16.0 Å². The van der Waals surface area contributed by atoms with E-state index in [1.54, 1.807) is 13.0 Å². The zero-order valence-corrected chi connectivity index (χ0v) is 11.4. The molecule has 106 valence electrons. The fourth-order valence-corrected chi connectivity index (χ4v) is 1.74. The number of furan rings is 1. The van der Waals surface area contributed by atoms with E-state index in [0.29, 0.717) is 17.9 Å². The first-order valence-electron chi connectivity index (χ1n) is 5.97. The number of nitrogens with one attached hydrogen (secondary N) is 1. The lowest BCUT2D eigenvalue weighted by molar-refractivity contribution is -0.119. The smallest absolute Gasteiger partial charge is 0.301 e. The fourth-order valence-electron chi connectivity index (χ4n) is 1.74. The first-order chi connectivity index (χ1) is 8.85. The number of primary amides is 1. The van der Waals surface area contributed by atoms with Crippen LogP contribution in [0.2, 0.25) is 0 Å². The summed E-state index contributed by atoms with van der Waals surface area (Å²) in [4.78, 5) is 24.3. The molecule has 0 saturated carbocycles. The molecule has 0 atom stereocenters. The molecule has 0 spiro atoms. The van der Waals surface area contributed by atoms with E-state index < -0.39 is 11.8 Å². The second-order valence-electron chi connectivity index (χ2n) is 4.66. The molecule has 0 aliphatic rings. The van der Waals surface area contributed by atoms with Crippen molar-refractivity contribution in [3.63, 3.8) is 0 Å². The zero-order chi connectivity index (χ0) is 14.6. The van der Waals surface area contributed by atoms with Crippen LogP contribution in [-0.4, -0.2) is 29.3 Å². The predicted octanol–water partition coefficient (Wildman–Crippen LogP) is -0.113. The normalized spacial score (nSPS) is 11.1. The lowest BCUT2D eigenvalue weighted by Gasteiger charge is -2.23. The van der Waals surface area contributed by atoms with Crippen molar-refractivity contribution < 1.29 is 14.0 Å². The van der Waals surface area contributed by atoms with Gasteiger partial charge in [0.25, 0.3) is 0 Å².